The van der Waals surface area contributed by atoms with Gasteiger partial charge in [0.15, 0.2) is 18.1 Å². The van der Waals surface area contributed by atoms with Crippen LogP contribution in [0.4, 0.5) is 0 Å². The number of benzene rings is 1. The van der Waals surface area contributed by atoms with Crippen LogP contribution < -0.4 is 20.5 Å². The zero-order valence-corrected chi connectivity index (χ0v) is 12.3. The van der Waals surface area contributed by atoms with Crippen LogP contribution in [-0.2, 0) is 16.1 Å². The van der Waals surface area contributed by atoms with E-state index in [0.717, 1.165) is 5.56 Å². The zero-order chi connectivity index (χ0) is 15.8. The molecule has 1 amide bonds. The lowest BCUT2D eigenvalue weighted by molar-refractivity contribution is -0.136. The number of primary amides is 1. The normalized spacial score (nSPS) is 10.2. The van der Waals surface area contributed by atoms with E-state index in [1.807, 2.05) is 0 Å². The predicted molar refractivity (Wildman–Crippen MR) is 76.7 cm³/mol. The van der Waals surface area contributed by atoms with E-state index in [2.05, 4.69) is 5.32 Å². The number of carboxylic acids is 1. The topological polar surface area (TPSA) is 111 Å². The molecule has 8 heteroatoms. The largest absolute Gasteiger partial charge is 0.493 e. The number of carbonyl (C=O) groups is 2. The number of nitrogens with one attached hydrogen (secondary N) is 1. The van der Waals surface area contributed by atoms with E-state index in [-0.39, 0.29) is 23.8 Å². The van der Waals surface area contributed by atoms with Crippen LogP contribution >= 0.6 is 11.6 Å². The lowest BCUT2D eigenvalue weighted by Crippen LogP contribution is -2.20. The fourth-order valence-corrected chi connectivity index (χ4v) is 1.87. The fourth-order valence-electron chi connectivity index (χ4n) is 1.59. The van der Waals surface area contributed by atoms with E-state index < -0.39 is 11.9 Å². The summed E-state index contributed by atoms with van der Waals surface area (Å²) in [5, 5.41) is 11.8. The van der Waals surface area contributed by atoms with E-state index in [9.17, 15) is 9.59 Å². The molecule has 116 valence electrons. The Morgan fingerprint density at radius 3 is 2.71 bits per heavy atom. The summed E-state index contributed by atoms with van der Waals surface area (Å²) in [6.07, 6.45) is 0.0324. The molecule has 4 N–H and O–H groups in total. The molecular weight excluding hydrogens is 300 g/mol. The molecule has 0 aliphatic carbocycles. The number of hydrogen-bond donors (Lipinski definition) is 3. The monoisotopic (exact) mass is 316 g/mol. The first kappa shape index (κ1) is 17.1. The molecule has 0 bridgehead atoms. The van der Waals surface area contributed by atoms with E-state index in [4.69, 9.17) is 31.9 Å². The van der Waals surface area contributed by atoms with Crippen molar-refractivity contribution < 1.29 is 24.2 Å². The number of methoxy groups -OCH3 is 1. The third kappa shape index (κ3) is 5.88. The lowest BCUT2D eigenvalue weighted by Gasteiger charge is -2.13. The number of nitrogens with two attached hydrogens (primary N) is 1. The van der Waals surface area contributed by atoms with Crippen molar-refractivity contribution in [2.24, 2.45) is 5.73 Å². The van der Waals surface area contributed by atoms with Gasteiger partial charge in [-0.3, -0.25) is 9.59 Å². The molecule has 0 saturated heterocycles. The van der Waals surface area contributed by atoms with Crippen molar-refractivity contribution >= 4 is 23.5 Å². The Morgan fingerprint density at radius 1 is 1.43 bits per heavy atom. The predicted octanol–water partition coefficient (Wildman–Crippen LogP) is 0.777. The molecule has 0 radical (unpaired) electrons. The Labute approximate surface area is 127 Å². The number of amides is 1. The van der Waals surface area contributed by atoms with Crippen LogP contribution in [0, 0.1) is 0 Å². The highest BCUT2D eigenvalue weighted by molar-refractivity contribution is 6.32. The standard InChI is InChI=1S/C13H17ClN2O5/c1-20-10-5-8(6-16-3-2-12(18)19)4-9(14)13(10)21-7-11(15)17/h4-5,16H,2-3,6-7H2,1H3,(H2,15,17)(H,18,19). The number of carboxylic acid groups (broad SMARTS) is 1. The molecule has 0 atom stereocenters. The molecule has 1 aromatic carbocycles. The summed E-state index contributed by atoms with van der Waals surface area (Å²) in [6.45, 7) is 0.473. The average Bonchev–Trinajstić information content (AvgIpc) is 2.41. The summed E-state index contributed by atoms with van der Waals surface area (Å²) >= 11 is 6.08. The molecule has 0 aromatic heterocycles. The second-order valence-electron chi connectivity index (χ2n) is 4.18. The molecule has 0 unspecified atom stereocenters. The van der Waals surface area contributed by atoms with Crippen molar-refractivity contribution in [3.8, 4) is 11.5 Å². The highest BCUT2D eigenvalue weighted by Gasteiger charge is 2.13. The highest BCUT2D eigenvalue weighted by atomic mass is 35.5. The molecule has 21 heavy (non-hydrogen) atoms. The maximum absolute atomic E-state index is 10.7. The van der Waals surface area contributed by atoms with Crippen LogP contribution in [-0.4, -0.2) is 37.2 Å². The molecule has 1 aromatic rings. The second-order valence-corrected chi connectivity index (χ2v) is 4.59. The van der Waals surface area contributed by atoms with Crippen molar-refractivity contribution in [1.29, 1.82) is 0 Å². The summed E-state index contributed by atoms with van der Waals surface area (Å²) in [5.41, 5.74) is 5.81. The van der Waals surface area contributed by atoms with E-state index in [1.54, 1.807) is 12.1 Å². The molecule has 0 fully saturated rings. The molecule has 0 heterocycles. The Morgan fingerprint density at radius 2 is 2.14 bits per heavy atom. The summed E-state index contributed by atoms with van der Waals surface area (Å²) in [4.78, 5) is 21.1. The summed E-state index contributed by atoms with van der Waals surface area (Å²) in [5.74, 6) is -0.869. The van der Waals surface area contributed by atoms with Crippen LogP contribution in [0.25, 0.3) is 0 Å². The third-order valence-corrected chi connectivity index (χ3v) is 2.77. The van der Waals surface area contributed by atoms with Crippen molar-refractivity contribution in [2.45, 2.75) is 13.0 Å². The van der Waals surface area contributed by atoms with Crippen molar-refractivity contribution in [2.75, 3.05) is 20.3 Å². The SMILES string of the molecule is COc1cc(CNCCC(=O)O)cc(Cl)c1OCC(N)=O. The van der Waals surface area contributed by atoms with Gasteiger partial charge in [0, 0.05) is 13.1 Å². The average molecular weight is 317 g/mol. The number of hydrogen-bond acceptors (Lipinski definition) is 5. The fraction of sp³-hybridized carbons (Fsp3) is 0.385. The van der Waals surface area contributed by atoms with Crippen LogP contribution in [0.3, 0.4) is 0 Å². The molecule has 0 aliphatic heterocycles. The highest BCUT2D eigenvalue weighted by Crippen LogP contribution is 2.36. The first-order chi connectivity index (χ1) is 9.93. The Kier molecular flexibility index (Phi) is 6.77. The minimum absolute atomic E-state index is 0.0324. The molecule has 7 nitrogen and oxygen atoms in total. The smallest absolute Gasteiger partial charge is 0.304 e. The summed E-state index contributed by atoms with van der Waals surface area (Å²) < 4.78 is 10.4. The summed E-state index contributed by atoms with van der Waals surface area (Å²) in [7, 11) is 1.45. The molecule has 1 rings (SSSR count). The van der Waals surface area contributed by atoms with E-state index in [0.29, 0.717) is 18.8 Å². The van der Waals surface area contributed by atoms with Gasteiger partial charge in [-0.2, -0.15) is 0 Å². The number of rotatable bonds is 9. The van der Waals surface area contributed by atoms with Gasteiger partial charge >= 0.3 is 5.97 Å². The van der Waals surface area contributed by atoms with Gasteiger partial charge in [0.1, 0.15) is 0 Å². The van der Waals surface area contributed by atoms with Crippen LogP contribution in [0.2, 0.25) is 5.02 Å². The Hall–Kier alpha value is -1.99. The maximum Gasteiger partial charge on any atom is 0.304 e. The van der Waals surface area contributed by atoms with Gasteiger partial charge in [0.05, 0.1) is 18.6 Å². The Balaban J connectivity index is 2.73. The van der Waals surface area contributed by atoms with Gasteiger partial charge in [-0.25, -0.2) is 0 Å². The van der Waals surface area contributed by atoms with E-state index in [1.165, 1.54) is 7.11 Å². The first-order valence-corrected chi connectivity index (χ1v) is 6.52. The van der Waals surface area contributed by atoms with Gasteiger partial charge in [0.2, 0.25) is 0 Å². The Bertz CT molecular complexity index is 522. The van der Waals surface area contributed by atoms with Crippen molar-refractivity contribution in [3.63, 3.8) is 0 Å². The zero-order valence-electron chi connectivity index (χ0n) is 11.5. The van der Waals surface area contributed by atoms with Crippen LogP contribution in [0.5, 0.6) is 11.5 Å². The summed E-state index contributed by atoms with van der Waals surface area (Å²) in [6, 6.07) is 3.34. The number of halogens is 1. The quantitative estimate of drug-likeness (QED) is 0.580. The molecule has 0 spiro atoms. The van der Waals surface area contributed by atoms with Gasteiger partial charge in [-0.1, -0.05) is 11.6 Å². The second kappa shape index (κ2) is 8.33. The minimum Gasteiger partial charge on any atom is -0.493 e. The van der Waals surface area contributed by atoms with Gasteiger partial charge < -0.3 is 25.6 Å². The number of carbonyl (C=O) groups excluding carboxylic acids is 1. The third-order valence-electron chi connectivity index (χ3n) is 2.49. The number of ether oxygens (including phenoxy) is 2. The maximum atomic E-state index is 10.7. The number of aliphatic carboxylic acids is 1. The van der Waals surface area contributed by atoms with Crippen molar-refractivity contribution in [3.05, 3.63) is 22.7 Å². The van der Waals surface area contributed by atoms with Gasteiger partial charge in [-0.05, 0) is 17.7 Å². The van der Waals surface area contributed by atoms with Crippen LogP contribution in [0.1, 0.15) is 12.0 Å². The molecule has 0 aliphatic rings. The molecule has 0 saturated carbocycles. The molecular formula is C13H17ClN2O5. The van der Waals surface area contributed by atoms with Crippen LogP contribution in [0.15, 0.2) is 12.1 Å². The van der Waals surface area contributed by atoms with E-state index >= 15 is 0 Å². The lowest BCUT2D eigenvalue weighted by atomic mass is 10.2. The van der Waals surface area contributed by atoms with Gasteiger partial charge in [0.25, 0.3) is 5.91 Å². The van der Waals surface area contributed by atoms with Gasteiger partial charge in [-0.15, -0.1) is 0 Å². The minimum atomic E-state index is -0.867. The first-order valence-electron chi connectivity index (χ1n) is 6.14. The van der Waals surface area contributed by atoms with Crippen molar-refractivity contribution in [1.82, 2.24) is 5.32 Å².